The molecule has 0 atom stereocenters. The van der Waals surface area contributed by atoms with Gasteiger partial charge in [0, 0.05) is 25.2 Å². The number of fused-ring (bicyclic) bond motifs is 2. The van der Waals surface area contributed by atoms with E-state index in [1.165, 1.54) is 11.3 Å². The summed E-state index contributed by atoms with van der Waals surface area (Å²) in [5.74, 6) is 0.829. The van der Waals surface area contributed by atoms with E-state index in [-0.39, 0.29) is 0 Å². The number of hydrogen-bond donors (Lipinski definition) is 0. The molecule has 0 N–H and O–H groups in total. The number of benzene rings is 2. The van der Waals surface area contributed by atoms with E-state index in [1.807, 2.05) is 24.3 Å². The topological polar surface area (TPSA) is 29.3 Å². The molecule has 20 heavy (non-hydrogen) atoms. The van der Waals surface area contributed by atoms with Gasteiger partial charge in [-0.3, -0.25) is 0 Å². The molecular weight excluding hydrogens is 248 g/mol. The van der Waals surface area contributed by atoms with Gasteiger partial charge < -0.3 is 9.32 Å². The van der Waals surface area contributed by atoms with Crippen molar-refractivity contribution in [1.82, 2.24) is 4.98 Å². The number of hydrogen-bond acceptors (Lipinski definition) is 3. The highest BCUT2D eigenvalue weighted by molar-refractivity contribution is 5.72. The standard InChI is InChI=1S/C17H16N2O/c1-3-7-15-13(5-1)9-11-19(15)12-10-17-18-14-6-2-4-8-16(14)20-17/h1-8H,9-12H2. The van der Waals surface area contributed by atoms with Gasteiger partial charge in [0.2, 0.25) is 0 Å². The van der Waals surface area contributed by atoms with Crippen molar-refractivity contribution in [2.45, 2.75) is 12.8 Å². The molecule has 0 saturated heterocycles. The van der Waals surface area contributed by atoms with E-state index in [2.05, 4.69) is 34.1 Å². The third-order valence-electron chi connectivity index (χ3n) is 3.92. The van der Waals surface area contributed by atoms with Crippen molar-refractivity contribution in [3.05, 3.63) is 60.0 Å². The number of aromatic nitrogens is 1. The summed E-state index contributed by atoms with van der Waals surface area (Å²) >= 11 is 0. The Kier molecular flexibility index (Phi) is 2.69. The van der Waals surface area contributed by atoms with Crippen molar-refractivity contribution >= 4 is 16.8 Å². The van der Waals surface area contributed by atoms with Gasteiger partial charge in [0.1, 0.15) is 5.52 Å². The van der Waals surface area contributed by atoms with Gasteiger partial charge in [-0.05, 0) is 30.2 Å². The molecule has 3 aromatic rings. The third kappa shape index (κ3) is 1.95. The Balaban J connectivity index is 1.51. The first-order chi connectivity index (χ1) is 9.90. The van der Waals surface area contributed by atoms with E-state index in [0.717, 1.165) is 42.9 Å². The van der Waals surface area contributed by atoms with Gasteiger partial charge >= 0.3 is 0 Å². The van der Waals surface area contributed by atoms with Crippen LogP contribution in [0.2, 0.25) is 0 Å². The first-order valence-electron chi connectivity index (χ1n) is 7.07. The van der Waals surface area contributed by atoms with Crippen LogP contribution in [0, 0.1) is 0 Å². The molecule has 100 valence electrons. The van der Waals surface area contributed by atoms with Gasteiger partial charge in [-0.2, -0.15) is 0 Å². The van der Waals surface area contributed by atoms with Crippen LogP contribution < -0.4 is 4.90 Å². The van der Waals surface area contributed by atoms with E-state index in [0.29, 0.717) is 0 Å². The molecule has 2 heterocycles. The highest BCUT2D eigenvalue weighted by Crippen LogP contribution is 2.27. The van der Waals surface area contributed by atoms with Crippen molar-refractivity contribution in [2.75, 3.05) is 18.0 Å². The fourth-order valence-corrected chi connectivity index (χ4v) is 2.90. The third-order valence-corrected chi connectivity index (χ3v) is 3.92. The molecule has 2 aromatic carbocycles. The molecule has 0 radical (unpaired) electrons. The number of oxazole rings is 1. The Bertz CT molecular complexity index is 714. The van der Waals surface area contributed by atoms with Crippen LogP contribution in [0.1, 0.15) is 11.5 Å². The quantitative estimate of drug-likeness (QED) is 0.725. The second-order valence-corrected chi connectivity index (χ2v) is 5.19. The minimum atomic E-state index is 0.829. The Morgan fingerprint density at radius 1 is 1.05 bits per heavy atom. The zero-order chi connectivity index (χ0) is 13.4. The molecule has 1 aliphatic rings. The Morgan fingerprint density at radius 2 is 1.90 bits per heavy atom. The summed E-state index contributed by atoms with van der Waals surface area (Å²) in [4.78, 5) is 6.96. The van der Waals surface area contributed by atoms with Crippen molar-refractivity contribution in [3.63, 3.8) is 0 Å². The molecule has 3 heteroatoms. The average Bonchev–Trinajstić information content (AvgIpc) is 3.08. The molecule has 0 spiro atoms. The lowest BCUT2D eigenvalue weighted by atomic mass is 10.2. The molecule has 1 aliphatic heterocycles. The fraction of sp³-hybridized carbons (Fsp3) is 0.235. The summed E-state index contributed by atoms with van der Waals surface area (Å²) in [6, 6.07) is 16.6. The number of anilines is 1. The predicted molar refractivity (Wildman–Crippen MR) is 80.1 cm³/mol. The van der Waals surface area contributed by atoms with Gasteiger partial charge in [0.15, 0.2) is 11.5 Å². The van der Waals surface area contributed by atoms with Gasteiger partial charge in [-0.25, -0.2) is 4.98 Å². The zero-order valence-corrected chi connectivity index (χ0v) is 11.2. The van der Waals surface area contributed by atoms with Crippen LogP contribution in [0.25, 0.3) is 11.1 Å². The normalized spacial score (nSPS) is 13.9. The molecule has 0 amide bonds. The first-order valence-corrected chi connectivity index (χ1v) is 7.07. The maximum Gasteiger partial charge on any atom is 0.197 e. The lowest BCUT2D eigenvalue weighted by molar-refractivity contribution is 0.527. The monoisotopic (exact) mass is 264 g/mol. The van der Waals surface area contributed by atoms with Crippen LogP contribution in [0.3, 0.4) is 0 Å². The molecule has 3 nitrogen and oxygen atoms in total. The van der Waals surface area contributed by atoms with E-state index < -0.39 is 0 Å². The van der Waals surface area contributed by atoms with Crippen LogP contribution in [-0.2, 0) is 12.8 Å². The molecule has 0 aliphatic carbocycles. The smallest absolute Gasteiger partial charge is 0.197 e. The lowest BCUT2D eigenvalue weighted by Gasteiger charge is -2.18. The maximum atomic E-state index is 5.78. The second-order valence-electron chi connectivity index (χ2n) is 5.19. The van der Waals surface area contributed by atoms with Gasteiger partial charge in [0.05, 0.1) is 0 Å². The number of nitrogens with zero attached hydrogens (tertiary/aromatic N) is 2. The van der Waals surface area contributed by atoms with Crippen molar-refractivity contribution < 1.29 is 4.42 Å². The Hall–Kier alpha value is -2.29. The van der Waals surface area contributed by atoms with E-state index in [4.69, 9.17) is 4.42 Å². The lowest BCUT2D eigenvalue weighted by Crippen LogP contribution is -2.23. The summed E-state index contributed by atoms with van der Waals surface area (Å²) in [5.41, 5.74) is 4.64. The van der Waals surface area contributed by atoms with Crippen LogP contribution in [-0.4, -0.2) is 18.1 Å². The Morgan fingerprint density at radius 3 is 2.85 bits per heavy atom. The minimum absolute atomic E-state index is 0.829. The predicted octanol–water partition coefficient (Wildman–Crippen LogP) is 3.43. The largest absolute Gasteiger partial charge is 0.441 e. The summed E-state index contributed by atoms with van der Waals surface area (Å²) < 4.78 is 5.78. The second kappa shape index (κ2) is 4.67. The Labute approximate surface area is 117 Å². The van der Waals surface area contributed by atoms with E-state index >= 15 is 0 Å². The van der Waals surface area contributed by atoms with E-state index in [1.54, 1.807) is 0 Å². The molecule has 0 bridgehead atoms. The maximum absolute atomic E-state index is 5.78. The van der Waals surface area contributed by atoms with Crippen molar-refractivity contribution in [1.29, 1.82) is 0 Å². The van der Waals surface area contributed by atoms with Gasteiger partial charge in [-0.15, -0.1) is 0 Å². The minimum Gasteiger partial charge on any atom is -0.441 e. The molecule has 0 unspecified atom stereocenters. The van der Waals surface area contributed by atoms with Crippen molar-refractivity contribution in [3.8, 4) is 0 Å². The molecule has 1 aromatic heterocycles. The highest BCUT2D eigenvalue weighted by Gasteiger charge is 2.18. The number of para-hydroxylation sites is 3. The fourth-order valence-electron chi connectivity index (χ4n) is 2.90. The summed E-state index contributed by atoms with van der Waals surface area (Å²) in [6.45, 7) is 2.06. The SMILES string of the molecule is c1ccc2c(c1)CCN2CCc1nc2ccccc2o1. The average molecular weight is 264 g/mol. The molecular formula is C17H16N2O. The summed E-state index contributed by atoms with van der Waals surface area (Å²) in [5, 5.41) is 0. The van der Waals surface area contributed by atoms with Crippen LogP contribution in [0.15, 0.2) is 52.9 Å². The molecule has 0 saturated carbocycles. The van der Waals surface area contributed by atoms with Gasteiger partial charge in [-0.1, -0.05) is 30.3 Å². The first kappa shape index (κ1) is 11.5. The summed E-state index contributed by atoms with van der Waals surface area (Å²) in [6.07, 6.45) is 1.99. The van der Waals surface area contributed by atoms with Crippen LogP contribution in [0.4, 0.5) is 5.69 Å². The van der Waals surface area contributed by atoms with Gasteiger partial charge in [0.25, 0.3) is 0 Å². The van der Waals surface area contributed by atoms with E-state index in [9.17, 15) is 0 Å². The number of rotatable bonds is 3. The van der Waals surface area contributed by atoms with Crippen LogP contribution in [0.5, 0.6) is 0 Å². The summed E-state index contributed by atoms with van der Waals surface area (Å²) in [7, 11) is 0. The zero-order valence-electron chi connectivity index (χ0n) is 11.2. The highest BCUT2D eigenvalue weighted by atomic mass is 16.3. The molecule has 0 fully saturated rings. The molecule has 4 rings (SSSR count). The van der Waals surface area contributed by atoms with Crippen LogP contribution >= 0.6 is 0 Å². The van der Waals surface area contributed by atoms with Crippen molar-refractivity contribution in [2.24, 2.45) is 0 Å².